The Morgan fingerprint density at radius 3 is 2.44 bits per heavy atom. The fourth-order valence-electron chi connectivity index (χ4n) is 3.40. The zero-order valence-electron chi connectivity index (χ0n) is 14.1. The second-order valence-electron chi connectivity index (χ2n) is 6.07. The van der Waals surface area contributed by atoms with Crippen LogP contribution in [0.5, 0.6) is 11.5 Å². The van der Waals surface area contributed by atoms with E-state index in [0.29, 0.717) is 24.5 Å². The van der Waals surface area contributed by atoms with Crippen molar-refractivity contribution in [2.24, 2.45) is 11.8 Å². The Morgan fingerprint density at radius 1 is 1.12 bits per heavy atom. The molecule has 134 valence electrons. The summed E-state index contributed by atoms with van der Waals surface area (Å²) in [5, 5.41) is 12.2. The van der Waals surface area contributed by atoms with Gasteiger partial charge in [-0.25, -0.2) is 0 Å². The predicted octanol–water partition coefficient (Wildman–Crippen LogP) is 1.02. The molecule has 4 atom stereocenters. The number of carboxylic acids is 1. The molecule has 7 heteroatoms. The second kappa shape index (κ2) is 7.14. The minimum Gasteiger partial charge on any atom is -0.493 e. The van der Waals surface area contributed by atoms with E-state index in [1.54, 1.807) is 26.4 Å². The molecule has 0 aliphatic carbocycles. The molecular weight excluding hydrogens is 326 g/mol. The van der Waals surface area contributed by atoms with Crippen LogP contribution in [0.4, 0.5) is 0 Å². The van der Waals surface area contributed by atoms with E-state index in [1.807, 2.05) is 18.2 Å². The highest BCUT2D eigenvalue weighted by Gasteiger charge is 2.53. The van der Waals surface area contributed by atoms with Crippen LogP contribution in [-0.2, 0) is 20.7 Å². The lowest BCUT2D eigenvalue weighted by molar-refractivity contribution is -0.146. The number of fused-ring (bicyclic) bond motifs is 2. The number of benzene rings is 1. The third-order valence-corrected chi connectivity index (χ3v) is 4.65. The Labute approximate surface area is 145 Å². The van der Waals surface area contributed by atoms with Crippen LogP contribution in [0.1, 0.15) is 5.56 Å². The van der Waals surface area contributed by atoms with E-state index in [-0.39, 0.29) is 5.91 Å². The quantitative estimate of drug-likeness (QED) is 0.715. The minimum absolute atomic E-state index is 0.287. The van der Waals surface area contributed by atoms with Crippen LogP contribution in [-0.4, -0.2) is 50.0 Å². The number of hydrogen-bond donors (Lipinski definition) is 2. The number of amides is 1. The van der Waals surface area contributed by atoms with E-state index in [0.717, 1.165) is 5.56 Å². The van der Waals surface area contributed by atoms with Crippen molar-refractivity contribution >= 4 is 11.9 Å². The molecule has 0 spiro atoms. The smallest absolute Gasteiger partial charge is 0.310 e. The normalized spacial score (nSPS) is 26.5. The lowest BCUT2D eigenvalue weighted by atomic mass is 9.82. The van der Waals surface area contributed by atoms with Gasteiger partial charge >= 0.3 is 5.97 Å². The zero-order chi connectivity index (χ0) is 18.0. The monoisotopic (exact) mass is 347 g/mol. The van der Waals surface area contributed by atoms with Gasteiger partial charge in [-0.05, 0) is 24.1 Å². The molecule has 1 fully saturated rings. The van der Waals surface area contributed by atoms with Gasteiger partial charge < -0.3 is 24.6 Å². The van der Waals surface area contributed by atoms with Crippen LogP contribution < -0.4 is 14.8 Å². The van der Waals surface area contributed by atoms with Gasteiger partial charge in [-0.1, -0.05) is 18.2 Å². The maximum atomic E-state index is 12.4. The van der Waals surface area contributed by atoms with Crippen molar-refractivity contribution in [2.45, 2.75) is 18.6 Å². The second-order valence-corrected chi connectivity index (χ2v) is 6.07. The van der Waals surface area contributed by atoms with Gasteiger partial charge in [0.25, 0.3) is 0 Å². The molecule has 2 aliphatic rings. The topological polar surface area (TPSA) is 94.1 Å². The lowest BCUT2D eigenvalue weighted by Gasteiger charge is -2.21. The van der Waals surface area contributed by atoms with Crippen molar-refractivity contribution < 1.29 is 28.9 Å². The van der Waals surface area contributed by atoms with Gasteiger partial charge in [0.2, 0.25) is 5.91 Å². The van der Waals surface area contributed by atoms with Crippen LogP contribution in [0.3, 0.4) is 0 Å². The number of methoxy groups -OCH3 is 2. The van der Waals surface area contributed by atoms with Crippen LogP contribution in [0.25, 0.3) is 0 Å². The summed E-state index contributed by atoms with van der Waals surface area (Å²) in [6.45, 7) is 0.401. The molecule has 1 aromatic carbocycles. The number of hydrogen-bond acceptors (Lipinski definition) is 5. The third kappa shape index (κ3) is 3.32. The van der Waals surface area contributed by atoms with Gasteiger partial charge in [0.15, 0.2) is 11.5 Å². The summed E-state index contributed by atoms with van der Waals surface area (Å²) >= 11 is 0. The summed E-state index contributed by atoms with van der Waals surface area (Å²) in [5.74, 6) is -1.52. The molecule has 4 unspecified atom stereocenters. The van der Waals surface area contributed by atoms with Crippen molar-refractivity contribution in [3.63, 3.8) is 0 Å². The first-order valence-corrected chi connectivity index (χ1v) is 8.10. The first-order chi connectivity index (χ1) is 12.0. The first kappa shape index (κ1) is 17.3. The number of carbonyl (C=O) groups is 2. The van der Waals surface area contributed by atoms with Gasteiger partial charge in [0.05, 0.1) is 32.3 Å². The highest BCUT2D eigenvalue weighted by molar-refractivity contribution is 5.87. The van der Waals surface area contributed by atoms with Crippen LogP contribution in [0.15, 0.2) is 30.4 Å². The molecule has 0 radical (unpaired) electrons. The Balaban J connectivity index is 1.58. The number of aliphatic carboxylic acids is 1. The molecule has 7 nitrogen and oxygen atoms in total. The van der Waals surface area contributed by atoms with Crippen LogP contribution in [0, 0.1) is 11.8 Å². The van der Waals surface area contributed by atoms with Gasteiger partial charge in [-0.15, -0.1) is 0 Å². The van der Waals surface area contributed by atoms with Crippen molar-refractivity contribution in [1.29, 1.82) is 0 Å². The molecule has 1 saturated heterocycles. The fourth-order valence-corrected chi connectivity index (χ4v) is 3.40. The Kier molecular flexibility index (Phi) is 4.94. The third-order valence-electron chi connectivity index (χ3n) is 4.65. The highest BCUT2D eigenvalue weighted by Crippen LogP contribution is 2.39. The van der Waals surface area contributed by atoms with E-state index in [4.69, 9.17) is 14.2 Å². The van der Waals surface area contributed by atoms with Crippen molar-refractivity contribution in [3.8, 4) is 11.5 Å². The van der Waals surface area contributed by atoms with Gasteiger partial charge in [0.1, 0.15) is 5.92 Å². The Hall–Kier alpha value is -2.54. The Morgan fingerprint density at radius 2 is 1.80 bits per heavy atom. The van der Waals surface area contributed by atoms with E-state index in [9.17, 15) is 14.7 Å². The number of rotatable bonds is 7. The van der Waals surface area contributed by atoms with Gasteiger partial charge in [-0.2, -0.15) is 0 Å². The Bertz CT molecular complexity index is 701. The zero-order valence-corrected chi connectivity index (χ0v) is 14.1. The maximum Gasteiger partial charge on any atom is 0.310 e. The first-order valence-electron chi connectivity index (χ1n) is 8.10. The number of carboxylic acid groups (broad SMARTS) is 1. The molecule has 0 aromatic heterocycles. The summed E-state index contributed by atoms with van der Waals surface area (Å²) in [4.78, 5) is 23.8. The van der Waals surface area contributed by atoms with Crippen LogP contribution in [0.2, 0.25) is 0 Å². The molecule has 3 rings (SSSR count). The summed E-state index contributed by atoms with van der Waals surface area (Å²) in [6.07, 6.45) is 3.12. The summed E-state index contributed by atoms with van der Waals surface area (Å²) in [5.41, 5.74) is 0.983. The number of nitrogens with one attached hydrogen (secondary N) is 1. The highest BCUT2D eigenvalue weighted by atomic mass is 16.5. The van der Waals surface area contributed by atoms with E-state index in [1.165, 1.54) is 0 Å². The van der Waals surface area contributed by atoms with Crippen molar-refractivity contribution in [3.05, 3.63) is 35.9 Å². The van der Waals surface area contributed by atoms with Gasteiger partial charge in [-0.3, -0.25) is 9.59 Å². The largest absolute Gasteiger partial charge is 0.493 e. The molecule has 2 N–H and O–H groups in total. The molecule has 0 saturated carbocycles. The minimum atomic E-state index is -1.00. The van der Waals surface area contributed by atoms with Crippen molar-refractivity contribution in [1.82, 2.24) is 5.32 Å². The molecule has 2 heterocycles. The predicted molar refractivity (Wildman–Crippen MR) is 88.7 cm³/mol. The molecule has 2 aliphatic heterocycles. The standard InChI is InChI=1S/C18H21NO6/c1-23-11-4-3-10(9-14(11)24-2)7-8-19-17(20)15-12-5-6-13(25-12)16(15)18(21)22/h3-6,9,12-13,15-16H,7-8H2,1-2H3,(H,19,20)(H,21,22). The average molecular weight is 347 g/mol. The molecule has 2 bridgehead atoms. The van der Waals surface area contributed by atoms with E-state index >= 15 is 0 Å². The van der Waals surface area contributed by atoms with Crippen molar-refractivity contribution in [2.75, 3.05) is 20.8 Å². The van der Waals surface area contributed by atoms with Gasteiger partial charge in [0, 0.05) is 6.54 Å². The summed E-state index contributed by atoms with van der Waals surface area (Å²) in [7, 11) is 3.14. The average Bonchev–Trinajstić information content (AvgIpc) is 3.22. The molecule has 1 aromatic rings. The summed E-state index contributed by atoms with van der Waals surface area (Å²) < 4.78 is 16.0. The van der Waals surface area contributed by atoms with E-state index in [2.05, 4.69) is 5.32 Å². The number of carbonyl (C=O) groups excluding carboxylic acids is 1. The number of ether oxygens (including phenoxy) is 3. The summed E-state index contributed by atoms with van der Waals surface area (Å²) in [6, 6.07) is 5.57. The molecule has 1 amide bonds. The maximum absolute atomic E-state index is 12.4. The molecular formula is C18H21NO6. The van der Waals surface area contributed by atoms with Crippen LogP contribution >= 0.6 is 0 Å². The molecule has 25 heavy (non-hydrogen) atoms. The van der Waals surface area contributed by atoms with E-state index < -0.39 is 30.0 Å². The fraction of sp³-hybridized carbons (Fsp3) is 0.444. The SMILES string of the molecule is COc1ccc(CCNC(=O)C2C3C=CC(O3)C2C(=O)O)cc1OC. The lowest BCUT2D eigenvalue weighted by Crippen LogP contribution is -2.43.